The molecule has 0 N–H and O–H groups in total. The van der Waals surface area contributed by atoms with Crippen molar-refractivity contribution < 1.29 is 4.92 Å². The molecule has 0 unspecified atom stereocenters. The molecule has 5 nitrogen and oxygen atoms in total. The van der Waals surface area contributed by atoms with Gasteiger partial charge in [-0.25, -0.2) is 4.98 Å². The van der Waals surface area contributed by atoms with Gasteiger partial charge < -0.3 is 0 Å². The van der Waals surface area contributed by atoms with E-state index in [-0.39, 0.29) is 5.69 Å². The van der Waals surface area contributed by atoms with E-state index in [1.165, 1.54) is 35.2 Å². The molecule has 3 rings (SSSR count). The van der Waals surface area contributed by atoms with Crippen LogP contribution in [0.5, 0.6) is 0 Å². The lowest BCUT2D eigenvalue weighted by atomic mass is 10.2. The number of hydrogen-bond donors (Lipinski definition) is 0. The van der Waals surface area contributed by atoms with Crippen molar-refractivity contribution in [2.45, 2.75) is 9.24 Å². The zero-order valence-corrected chi connectivity index (χ0v) is 13.2. The summed E-state index contributed by atoms with van der Waals surface area (Å²) in [5.74, 6) is 0. The first-order valence-electron chi connectivity index (χ1n) is 5.99. The smallest absolute Gasteiger partial charge is 0.258 e. The summed E-state index contributed by atoms with van der Waals surface area (Å²) in [6.45, 7) is 0. The summed E-state index contributed by atoms with van der Waals surface area (Å²) in [6.07, 6.45) is 0. The lowest BCUT2D eigenvalue weighted by Crippen LogP contribution is -1.87. The standard InChI is InChI=1S/C14H6ClN3O2S2/c15-10-6-9(18(19)20)2-4-12(10)21-14-17-11-3-1-8(7-16)5-13(11)22-14/h1-6H. The summed E-state index contributed by atoms with van der Waals surface area (Å²) in [7, 11) is 0. The number of aromatic nitrogens is 1. The Balaban J connectivity index is 1.93. The predicted octanol–water partition coefficient (Wildman–Crippen LogP) is 4.88. The maximum Gasteiger partial charge on any atom is 0.270 e. The first-order valence-corrected chi connectivity index (χ1v) is 8.00. The van der Waals surface area contributed by atoms with Crippen molar-refractivity contribution in [1.29, 1.82) is 5.26 Å². The van der Waals surface area contributed by atoms with Gasteiger partial charge in [-0.15, -0.1) is 11.3 Å². The molecule has 3 aromatic rings. The van der Waals surface area contributed by atoms with Crippen molar-refractivity contribution >= 4 is 50.6 Å². The van der Waals surface area contributed by atoms with Crippen molar-refractivity contribution in [2.24, 2.45) is 0 Å². The van der Waals surface area contributed by atoms with E-state index in [1.54, 1.807) is 24.3 Å². The molecule has 22 heavy (non-hydrogen) atoms. The monoisotopic (exact) mass is 347 g/mol. The van der Waals surface area contributed by atoms with Gasteiger partial charge in [0.05, 0.1) is 31.8 Å². The number of thiazole rings is 1. The molecule has 0 aliphatic carbocycles. The number of nitro groups is 1. The highest BCUT2D eigenvalue weighted by Crippen LogP contribution is 2.38. The van der Waals surface area contributed by atoms with Gasteiger partial charge in [0.2, 0.25) is 0 Å². The Morgan fingerprint density at radius 3 is 2.82 bits per heavy atom. The van der Waals surface area contributed by atoms with Gasteiger partial charge in [0.15, 0.2) is 4.34 Å². The highest BCUT2D eigenvalue weighted by molar-refractivity contribution is 8.01. The van der Waals surface area contributed by atoms with Gasteiger partial charge in [-0.05, 0) is 24.3 Å². The summed E-state index contributed by atoms with van der Waals surface area (Å²) in [4.78, 5) is 15.4. The van der Waals surface area contributed by atoms with Crippen LogP contribution in [0, 0.1) is 21.4 Å². The predicted molar refractivity (Wildman–Crippen MR) is 86.6 cm³/mol. The molecule has 0 saturated heterocycles. The van der Waals surface area contributed by atoms with E-state index in [4.69, 9.17) is 16.9 Å². The van der Waals surface area contributed by atoms with E-state index in [0.717, 1.165) is 14.6 Å². The normalized spacial score (nSPS) is 10.5. The molecule has 0 aliphatic heterocycles. The molecule has 2 aromatic carbocycles. The van der Waals surface area contributed by atoms with E-state index >= 15 is 0 Å². The number of nitriles is 1. The van der Waals surface area contributed by atoms with Crippen LogP contribution in [0.15, 0.2) is 45.6 Å². The molecule has 108 valence electrons. The van der Waals surface area contributed by atoms with Crippen LogP contribution in [0.2, 0.25) is 5.02 Å². The number of nitrogens with zero attached hydrogens (tertiary/aromatic N) is 3. The third-order valence-electron chi connectivity index (χ3n) is 2.82. The lowest BCUT2D eigenvalue weighted by molar-refractivity contribution is -0.384. The zero-order chi connectivity index (χ0) is 15.7. The van der Waals surface area contributed by atoms with Gasteiger partial charge in [0.1, 0.15) is 0 Å². The van der Waals surface area contributed by atoms with Crippen LogP contribution < -0.4 is 0 Å². The molecule has 0 amide bonds. The minimum absolute atomic E-state index is 0.0442. The van der Waals surface area contributed by atoms with Crippen molar-refractivity contribution in [3.63, 3.8) is 0 Å². The van der Waals surface area contributed by atoms with Crippen molar-refractivity contribution in [3.8, 4) is 6.07 Å². The first kappa shape index (κ1) is 14.8. The van der Waals surface area contributed by atoms with Crippen LogP contribution in [0.4, 0.5) is 5.69 Å². The van der Waals surface area contributed by atoms with E-state index in [9.17, 15) is 10.1 Å². The van der Waals surface area contributed by atoms with Gasteiger partial charge >= 0.3 is 0 Å². The number of halogens is 1. The second-order valence-electron chi connectivity index (χ2n) is 4.25. The average molecular weight is 348 g/mol. The second-order valence-corrected chi connectivity index (χ2v) is 6.97. The summed E-state index contributed by atoms with van der Waals surface area (Å²) >= 11 is 8.87. The lowest BCUT2D eigenvalue weighted by Gasteiger charge is -2.00. The van der Waals surface area contributed by atoms with Crippen LogP contribution in [-0.2, 0) is 0 Å². The Bertz CT molecular complexity index is 933. The molecule has 1 heterocycles. The van der Waals surface area contributed by atoms with Crippen LogP contribution in [0.1, 0.15) is 5.56 Å². The minimum atomic E-state index is -0.485. The highest BCUT2D eigenvalue weighted by Gasteiger charge is 2.12. The van der Waals surface area contributed by atoms with Gasteiger partial charge in [0.25, 0.3) is 5.69 Å². The molecule has 0 bridgehead atoms. The Morgan fingerprint density at radius 1 is 1.32 bits per heavy atom. The van der Waals surface area contributed by atoms with Gasteiger partial charge in [-0.1, -0.05) is 23.4 Å². The highest BCUT2D eigenvalue weighted by atomic mass is 35.5. The Labute approximate surface area is 138 Å². The molecule has 0 fully saturated rings. The van der Waals surface area contributed by atoms with Crippen molar-refractivity contribution in [1.82, 2.24) is 4.98 Å². The third-order valence-corrected chi connectivity index (χ3v) is 5.40. The number of fused-ring (bicyclic) bond motifs is 1. The molecule has 0 saturated carbocycles. The fraction of sp³-hybridized carbons (Fsp3) is 0. The second kappa shape index (κ2) is 5.93. The molecular weight excluding hydrogens is 342 g/mol. The first-order chi connectivity index (χ1) is 10.6. The maximum absolute atomic E-state index is 10.7. The summed E-state index contributed by atoms with van der Waals surface area (Å²) in [6, 6.07) is 11.7. The van der Waals surface area contributed by atoms with E-state index in [0.29, 0.717) is 15.5 Å². The zero-order valence-electron chi connectivity index (χ0n) is 10.8. The summed E-state index contributed by atoms with van der Waals surface area (Å²) in [5, 5.41) is 19.9. The number of rotatable bonds is 3. The van der Waals surface area contributed by atoms with Gasteiger partial charge in [-0.2, -0.15) is 5.26 Å². The van der Waals surface area contributed by atoms with E-state index in [2.05, 4.69) is 11.1 Å². The molecule has 0 radical (unpaired) electrons. The van der Waals surface area contributed by atoms with Gasteiger partial charge in [0, 0.05) is 17.0 Å². The van der Waals surface area contributed by atoms with Gasteiger partial charge in [-0.3, -0.25) is 10.1 Å². The Kier molecular flexibility index (Phi) is 3.98. The molecular formula is C14H6ClN3O2S2. The molecule has 0 atom stereocenters. The molecule has 1 aromatic heterocycles. The van der Waals surface area contributed by atoms with Crippen molar-refractivity contribution in [3.05, 3.63) is 57.1 Å². The number of hydrogen-bond acceptors (Lipinski definition) is 6. The Hall–Kier alpha value is -2.14. The van der Waals surface area contributed by atoms with Crippen LogP contribution in [0.25, 0.3) is 10.2 Å². The van der Waals surface area contributed by atoms with Crippen LogP contribution >= 0.6 is 34.7 Å². The largest absolute Gasteiger partial charge is 0.270 e. The Morgan fingerprint density at radius 2 is 2.14 bits per heavy atom. The summed E-state index contributed by atoms with van der Waals surface area (Å²) in [5.41, 5.74) is 1.35. The minimum Gasteiger partial charge on any atom is -0.258 e. The van der Waals surface area contributed by atoms with Crippen LogP contribution in [0.3, 0.4) is 0 Å². The number of nitro benzene ring substituents is 1. The van der Waals surface area contributed by atoms with Crippen LogP contribution in [-0.4, -0.2) is 9.91 Å². The maximum atomic E-state index is 10.7. The number of benzene rings is 2. The third kappa shape index (κ3) is 2.90. The van der Waals surface area contributed by atoms with E-state index < -0.39 is 4.92 Å². The fourth-order valence-corrected chi connectivity index (χ4v) is 4.15. The molecule has 0 aliphatic rings. The quantitative estimate of drug-likeness (QED) is 0.498. The average Bonchev–Trinajstić information content (AvgIpc) is 2.90. The fourth-order valence-electron chi connectivity index (χ4n) is 1.80. The topological polar surface area (TPSA) is 79.8 Å². The summed E-state index contributed by atoms with van der Waals surface area (Å²) < 4.78 is 1.68. The number of non-ortho nitro benzene ring substituents is 1. The molecule has 8 heteroatoms. The molecule has 0 spiro atoms. The SMILES string of the molecule is N#Cc1ccc2nc(Sc3ccc([N+](=O)[O-])cc3Cl)sc2c1. The van der Waals surface area contributed by atoms with Crippen molar-refractivity contribution in [2.75, 3.05) is 0 Å². The van der Waals surface area contributed by atoms with E-state index in [1.807, 2.05) is 0 Å².